The van der Waals surface area contributed by atoms with Gasteiger partial charge in [-0.25, -0.2) is 4.79 Å². The van der Waals surface area contributed by atoms with E-state index in [1.54, 1.807) is 0 Å². The van der Waals surface area contributed by atoms with Gasteiger partial charge in [0.15, 0.2) is 0 Å². The molecule has 1 fully saturated rings. The molecule has 0 spiro atoms. The predicted molar refractivity (Wildman–Crippen MR) is 64.4 cm³/mol. The van der Waals surface area contributed by atoms with E-state index in [1.165, 1.54) is 7.11 Å². The number of nitrogens with one attached hydrogen (secondary N) is 2. The summed E-state index contributed by atoms with van der Waals surface area (Å²) in [4.78, 5) is 23.4. The Bertz CT molecular complexity index is 273. The summed E-state index contributed by atoms with van der Waals surface area (Å²) in [6.07, 6.45) is 2.44. The summed E-state index contributed by atoms with van der Waals surface area (Å²) in [5.41, 5.74) is 0. The van der Waals surface area contributed by atoms with Crippen molar-refractivity contribution in [1.29, 1.82) is 0 Å². The molecule has 1 amide bonds. The van der Waals surface area contributed by atoms with Gasteiger partial charge in [-0.1, -0.05) is 13.8 Å². The lowest BCUT2D eigenvalue weighted by Crippen LogP contribution is -2.49. The summed E-state index contributed by atoms with van der Waals surface area (Å²) in [7, 11) is 1.34. The molecule has 1 aliphatic rings. The molecule has 1 saturated heterocycles. The van der Waals surface area contributed by atoms with Crippen LogP contribution in [-0.2, 0) is 14.3 Å². The number of rotatable bonds is 5. The smallest absolute Gasteiger partial charge is 0.328 e. The van der Waals surface area contributed by atoms with Gasteiger partial charge in [-0.2, -0.15) is 0 Å². The van der Waals surface area contributed by atoms with Crippen LogP contribution in [0.1, 0.15) is 33.1 Å². The molecule has 17 heavy (non-hydrogen) atoms. The monoisotopic (exact) mass is 242 g/mol. The maximum atomic E-state index is 11.9. The lowest BCUT2D eigenvalue weighted by Gasteiger charge is -2.20. The van der Waals surface area contributed by atoms with E-state index in [4.69, 9.17) is 4.74 Å². The lowest BCUT2D eigenvalue weighted by atomic mass is 10.0. The fourth-order valence-electron chi connectivity index (χ4n) is 2.01. The second-order valence-corrected chi connectivity index (χ2v) is 4.86. The summed E-state index contributed by atoms with van der Waals surface area (Å²) < 4.78 is 4.70. The van der Waals surface area contributed by atoms with Crippen molar-refractivity contribution >= 4 is 11.9 Å². The first kappa shape index (κ1) is 14.0. The van der Waals surface area contributed by atoms with Crippen molar-refractivity contribution in [3.05, 3.63) is 0 Å². The highest BCUT2D eigenvalue weighted by atomic mass is 16.5. The van der Waals surface area contributed by atoms with Crippen LogP contribution in [0.5, 0.6) is 0 Å². The van der Waals surface area contributed by atoms with Gasteiger partial charge in [-0.15, -0.1) is 0 Å². The quantitative estimate of drug-likeness (QED) is 0.687. The number of ether oxygens (including phenoxy) is 1. The average molecular weight is 242 g/mol. The van der Waals surface area contributed by atoms with Crippen molar-refractivity contribution in [2.24, 2.45) is 5.92 Å². The number of carbonyl (C=O) groups excluding carboxylic acids is 2. The van der Waals surface area contributed by atoms with Crippen LogP contribution < -0.4 is 10.6 Å². The van der Waals surface area contributed by atoms with Crippen molar-refractivity contribution in [1.82, 2.24) is 10.6 Å². The third-order valence-electron chi connectivity index (χ3n) is 2.89. The van der Waals surface area contributed by atoms with Crippen molar-refractivity contribution in [2.45, 2.75) is 45.2 Å². The molecule has 2 atom stereocenters. The normalized spacial score (nSPS) is 21.3. The minimum absolute atomic E-state index is 0.0986. The number of hydrogen-bond acceptors (Lipinski definition) is 4. The molecule has 0 aliphatic carbocycles. The second kappa shape index (κ2) is 6.59. The zero-order valence-corrected chi connectivity index (χ0v) is 10.8. The van der Waals surface area contributed by atoms with Crippen LogP contribution >= 0.6 is 0 Å². The molecule has 1 aliphatic heterocycles. The van der Waals surface area contributed by atoms with Crippen LogP contribution in [0.15, 0.2) is 0 Å². The lowest BCUT2D eigenvalue weighted by molar-refractivity contribution is -0.145. The molecule has 0 aromatic heterocycles. The Morgan fingerprint density at radius 1 is 1.47 bits per heavy atom. The maximum Gasteiger partial charge on any atom is 0.328 e. The van der Waals surface area contributed by atoms with Gasteiger partial charge in [-0.3, -0.25) is 4.79 Å². The summed E-state index contributed by atoms with van der Waals surface area (Å²) in [6, 6.07) is -0.691. The Kier molecular flexibility index (Phi) is 5.41. The molecule has 98 valence electrons. The van der Waals surface area contributed by atoms with E-state index in [-0.39, 0.29) is 17.9 Å². The first-order chi connectivity index (χ1) is 8.04. The molecular formula is C12H22N2O3. The maximum absolute atomic E-state index is 11.9. The van der Waals surface area contributed by atoms with Crippen molar-refractivity contribution in [3.63, 3.8) is 0 Å². The second-order valence-electron chi connectivity index (χ2n) is 4.86. The highest BCUT2D eigenvalue weighted by Crippen LogP contribution is 2.09. The number of methoxy groups -OCH3 is 1. The number of hydrogen-bond donors (Lipinski definition) is 2. The highest BCUT2D eigenvalue weighted by molar-refractivity contribution is 5.87. The standard InChI is InChI=1S/C12H22N2O3/c1-8(2)7-10(12(16)17-3)14-11(15)9-5-4-6-13-9/h8-10,13H,4-7H2,1-3H3,(H,14,15)/t9-,10?/m0/s1. The first-order valence-corrected chi connectivity index (χ1v) is 6.16. The third-order valence-corrected chi connectivity index (χ3v) is 2.89. The molecule has 0 aromatic rings. The third kappa shape index (κ3) is 4.34. The number of carbonyl (C=O) groups is 2. The van der Waals surface area contributed by atoms with Gasteiger partial charge < -0.3 is 15.4 Å². The van der Waals surface area contributed by atoms with Gasteiger partial charge in [-0.05, 0) is 31.7 Å². The molecule has 0 bridgehead atoms. The Hall–Kier alpha value is -1.10. The van der Waals surface area contributed by atoms with E-state index in [1.807, 2.05) is 13.8 Å². The average Bonchev–Trinajstić information content (AvgIpc) is 2.79. The summed E-state index contributed by atoms with van der Waals surface area (Å²) in [5, 5.41) is 5.87. The molecule has 2 N–H and O–H groups in total. The minimum atomic E-state index is -0.533. The summed E-state index contributed by atoms with van der Waals surface area (Å²) in [6.45, 7) is 4.89. The van der Waals surface area contributed by atoms with Gasteiger partial charge in [0.2, 0.25) is 5.91 Å². The van der Waals surface area contributed by atoms with Crippen LogP contribution in [0.4, 0.5) is 0 Å². The Labute approximate surface area is 102 Å². The topological polar surface area (TPSA) is 67.4 Å². The van der Waals surface area contributed by atoms with Crippen molar-refractivity contribution in [3.8, 4) is 0 Å². The van der Waals surface area contributed by atoms with E-state index >= 15 is 0 Å². The Morgan fingerprint density at radius 3 is 2.65 bits per heavy atom. The van der Waals surface area contributed by atoms with Crippen molar-refractivity contribution in [2.75, 3.05) is 13.7 Å². The highest BCUT2D eigenvalue weighted by Gasteiger charge is 2.28. The van der Waals surface area contributed by atoms with Crippen LogP contribution in [0.3, 0.4) is 0 Å². The molecule has 5 heteroatoms. The predicted octanol–water partition coefficient (Wildman–Crippen LogP) is 0.442. The molecular weight excluding hydrogens is 220 g/mol. The van der Waals surface area contributed by atoms with Gasteiger partial charge in [0, 0.05) is 0 Å². The molecule has 5 nitrogen and oxygen atoms in total. The zero-order valence-electron chi connectivity index (χ0n) is 10.8. The van der Waals surface area contributed by atoms with E-state index < -0.39 is 6.04 Å². The fourth-order valence-corrected chi connectivity index (χ4v) is 2.01. The van der Waals surface area contributed by atoms with Crippen LogP contribution in [0.2, 0.25) is 0 Å². The minimum Gasteiger partial charge on any atom is -0.467 e. The van der Waals surface area contributed by atoms with Crippen LogP contribution in [0.25, 0.3) is 0 Å². The fraction of sp³-hybridized carbons (Fsp3) is 0.833. The van der Waals surface area contributed by atoms with Crippen molar-refractivity contribution < 1.29 is 14.3 Å². The Balaban J connectivity index is 2.52. The van der Waals surface area contributed by atoms with E-state index in [2.05, 4.69) is 10.6 Å². The van der Waals surface area contributed by atoms with E-state index in [0.29, 0.717) is 12.3 Å². The largest absolute Gasteiger partial charge is 0.467 e. The van der Waals surface area contributed by atoms with Gasteiger partial charge in [0.1, 0.15) is 6.04 Å². The number of esters is 1. The zero-order chi connectivity index (χ0) is 12.8. The first-order valence-electron chi connectivity index (χ1n) is 6.16. The molecule has 0 aromatic carbocycles. The Morgan fingerprint density at radius 2 is 2.18 bits per heavy atom. The van der Waals surface area contributed by atoms with Gasteiger partial charge in [0.05, 0.1) is 13.2 Å². The molecule has 0 radical (unpaired) electrons. The van der Waals surface area contributed by atoms with Gasteiger partial charge in [0.25, 0.3) is 0 Å². The number of amides is 1. The van der Waals surface area contributed by atoms with Crippen LogP contribution in [-0.4, -0.2) is 37.6 Å². The summed E-state index contributed by atoms with van der Waals surface area (Å²) >= 11 is 0. The SMILES string of the molecule is COC(=O)C(CC(C)C)NC(=O)[C@@H]1CCCN1. The molecule has 1 unspecified atom stereocenters. The van der Waals surface area contributed by atoms with E-state index in [9.17, 15) is 9.59 Å². The molecule has 0 saturated carbocycles. The van der Waals surface area contributed by atoms with Gasteiger partial charge >= 0.3 is 5.97 Å². The summed E-state index contributed by atoms with van der Waals surface area (Å²) in [5.74, 6) is -0.139. The van der Waals surface area contributed by atoms with E-state index in [0.717, 1.165) is 19.4 Å². The molecule has 1 heterocycles. The molecule has 1 rings (SSSR count). The van der Waals surface area contributed by atoms with Crippen LogP contribution in [0, 0.1) is 5.92 Å².